The van der Waals surface area contributed by atoms with E-state index in [9.17, 15) is 14.4 Å². The zero-order valence-electron chi connectivity index (χ0n) is 17.6. The van der Waals surface area contributed by atoms with Gasteiger partial charge in [0.1, 0.15) is 6.04 Å². The van der Waals surface area contributed by atoms with Crippen LogP contribution in [-0.4, -0.2) is 54.8 Å². The van der Waals surface area contributed by atoms with Gasteiger partial charge in [-0.05, 0) is 24.6 Å². The quantitative estimate of drug-likeness (QED) is 0.732. The Labute approximate surface area is 171 Å². The number of carbonyl (C=O) groups excluding carboxylic acids is 3. The Bertz CT molecular complexity index is 914. The van der Waals surface area contributed by atoms with E-state index in [-0.39, 0.29) is 30.2 Å². The number of anilines is 1. The van der Waals surface area contributed by atoms with Crippen LogP contribution in [0.4, 0.5) is 5.69 Å². The van der Waals surface area contributed by atoms with Gasteiger partial charge in [-0.2, -0.15) is 0 Å². The van der Waals surface area contributed by atoms with Crippen molar-refractivity contribution in [2.75, 3.05) is 25.2 Å². The van der Waals surface area contributed by atoms with Crippen LogP contribution in [0.2, 0.25) is 0 Å². The van der Waals surface area contributed by atoms with Crippen LogP contribution >= 0.6 is 0 Å². The number of hydrogen-bond acceptors (Lipinski definition) is 5. The number of benzene rings is 1. The first-order valence-corrected chi connectivity index (χ1v) is 10.1. The largest absolute Gasteiger partial charge is 0.383 e. The Hall–Kier alpha value is -2.47. The summed E-state index contributed by atoms with van der Waals surface area (Å²) in [5, 5.41) is 0. The summed E-state index contributed by atoms with van der Waals surface area (Å²) in [5.41, 5.74) is 2.44. The van der Waals surface area contributed by atoms with Crippen molar-refractivity contribution in [1.82, 2.24) is 4.90 Å². The lowest BCUT2D eigenvalue weighted by Crippen LogP contribution is -2.51. The molecule has 3 aliphatic rings. The number of methoxy groups -OCH3 is 1. The highest BCUT2D eigenvalue weighted by atomic mass is 16.5. The molecule has 0 N–H and O–H groups in total. The summed E-state index contributed by atoms with van der Waals surface area (Å²) >= 11 is 0. The number of likely N-dealkylation sites (tertiary alicyclic amines) is 1. The first-order chi connectivity index (χ1) is 13.7. The fourth-order valence-electron chi connectivity index (χ4n) is 4.90. The van der Waals surface area contributed by atoms with Crippen LogP contribution < -0.4 is 4.90 Å². The maximum Gasteiger partial charge on any atom is 0.235 e. The van der Waals surface area contributed by atoms with Gasteiger partial charge >= 0.3 is 0 Å². The highest BCUT2D eigenvalue weighted by Crippen LogP contribution is 2.49. The average molecular weight is 396 g/mol. The van der Waals surface area contributed by atoms with E-state index < -0.39 is 23.3 Å². The molecule has 2 saturated heterocycles. The maximum absolute atomic E-state index is 13.5. The van der Waals surface area contributed by atoms with Crippen LogP contribution in [0.3, 0.4) is 0 Å². The first-order valence-electron chi connectivity index (χ1n) is 10.1. The van der Waals surface area contributed by atoms with Crippen molar-refractivity contribution in [3.8, 4) is 0 Å². The predicted octanol–water partition coefficient (Wildman–Crippen LogP) is 2.44. The number of carbonyl (C=O) groups is 3. The van der Waals surface area contributed by atoms with Crippen molar-refractivity contribution < 1.29 is 19.1 Å². The van der Waals surface area contributed by atoms with Gasteiger partial charge in [0, 0.05) is 18.2 Å². The number of rotatable bonds is 4. The first kappa shape index (κ1) is 19.8. The number of Topliss-reactive ketones (excluding diaryl/α,β-unsaturated/α-hetero) is 1. The van der Waals surface area contributed by atoms with Gasteiger partial charge in [-0.15, -0.1) is 0 Å². The number of ether oxygens (including phenoxy) is 1. The third kappa shape index (κ3) is 2.92. The molecule has 0 bridgehead atoms. The van der Waals surface area contributed by atoms with Gasteiger partial charge in [-0.25, -0.2) is 0 Å². The van der Waals surface area contributed by atoms with Crippen LogP contribution in [0.25, 0.3) is 6.08 Å². The third-order valence-corrected chi connectivity index (χ3v) is 6.28. The SMILES string of the molecule is COCCN1C(=O)[C@H]2[C@H](C1=O)[C@H](C(=O)C(C)(C)C)N1c3ccc(C)cc3C=C[C@H]21. The topological polar surface area (TPSA) is 66.9 Å². The molecule has 4 atom stereocenters. The van der Waals surface area contributed by atoms with E-state index in [1.54, 1.807) is 7.11 Å². The fraction of sp³-hybridized carbons (Fsp3) is 0.522. The minimum absolute atomic E-state index is 0.00781. The summed E-state index contributed by atoms with van der Waals surface area (Å²) in [7, 11) is 1.54. The molecule has 0 radical (unpaired) electrons. The Kier molecular flexibility index (Phi) is 4.65. The molecule has 1 aromatic rings. The van der Waals surface area contributed by atoms with Crippen molar-refractivity contribution >= 4 is 29.4 Å². The number of ketones is 1. The molecule has 2 fully saturated rings. The molecule has 2 amide bonds. The van der Waals surface area contributed by atoms with Crippen molar-refractivity contribution in [3.05, 3.63) is 35.4 Å². The lowest BCUT2D eigenvalue weighted by atomic mass is 9.79. The number of hydrogen-bond donors (Lipinski definition) is 0. The average Bonchev–Trinajstić information content (AvgIpc) is 3.12. The van der Waals surface area contributed by atoms with Gasteiger partial charge in [0.05, 0.1) is 31.0 Å². The van der Waals surface area contributed by atoms with Gasteiger partial charge < -0.3 is 9.64 Å². The van der Waals surface area contributed by atoms with E-state index in [0.29, 0.717) is 6.61 Å². The highest BCUT2D eigenvalue weighted by molar-refractivity contribution is 6.11. The fourth-order valence-corrected chi connectivity index (χ4v) is 4.90. The standard InChI is InChI=1S/C23H28N2O4/c1-13-6-8-15-14(12-13)7-9-16-17-18(19(25(15)16)20(26)23(2,3)4)22(28)24(21(17)27)10-11-29-5/h6-9,12,16-19H,10-11H2,1-5H3/t16-,17-,18+,19-/m1/s1. The summed E-state index contributed by atoms with van der Waals surface area (Å²) in [4.78, 5) is 43.4. The molecule has 29 heavy (non-hydrogen) atoms. The van der Waals surface area contributed by atoms with E-state index in [0.717, 1.165) is 16.8 Å². The molecule has 154 valence electrons. The van der Waals surface area contributed by atoms with Crippen molar-refractivity contribution in [1.29, 1.82) is 0 Å². The smallest absolute Gasteiger partial charge is 0.235 e. The Morgan fingerprint density at radius 1 is 1.14 bits per heavy atom. The summed E-state index contributed by atoms with van der Waals surface area (Å²) in [6.45, 7) is 8.16. The second kappa shape index (κ2) is 6.80. The monoisotopic (exact) mass is 396 g/mol. The van der Waals surface area contributed by atoms with Crippen molar-refractivity contribution in [2.45, 2.75) is 39.8 Å². The highest BCUT2D eigenvalue weighted by Gasteiger charge is 2.64. The summed E-state index contributed by atoms with van der Waals surface area (Å²) in [5.74, 6) is -1.66. The van der Waals surface area contributed by atoms with Crippen molar-refractivity contribution in [3.63, 3.8) is 0 Å². The molecular weight excluding hydrogens is 368 g/mol. The van der Waals surface area contributed by atoms with E-state index in [4.69, 9.17) is 4.74 Å². The zero-order valence-corrected chi connectivity index (χ0v) is 17.6. The van der Waals surface area contributed by atoms with E-state index in [1.165, 1.54) is 4.90 Å². The Morgan fingerprint density at radius 3 is 2.48 bits per heavy atom. The molecule has 0 unspecified atom stereocenters. The van der Waals surface area contributed by atoms with Gasteiger partial charge in [0.15, 0.2) is 5.78 Å². The van der Waals surface area contributed by atoms with Crippen LogP contribution in [-0.2, 0) is 19.1 Å². The zero-order chi connectivity index (χ0) is 21.1. The second-order valence-corrected chi connectivity index (χ2v) is 9.25. The summed E-state index contributed by atoms with van der Waals surface area (Å²) < 4.78 is 5.08. The normalized spacial score (nSPS) is 27.9. The van der Waals surface area contributed by atoms with Gasteiger partial charge in [0.25, 0.3) is 0 Å². The Balaban J connectivity index is 1.83. The van der Waals surface area contributed by atoms with Crippen LogP contribution in [0.15, 0.2) is 24.3 Å². The molecule has 3 heterocycles. The number of amides is 2. The molecule has 6 nitrogen and oxygen atoms in total. The maximum atomic E-state index is 13.5. The second-order valence-electron chi connectivity index (χ2n) is 9.25. The minimum Gasteiger partial charge on any atom is -0.383 e. The molecule has 1 aromatic carbocycles. The van der Waals surface area contributed by atoms with E-state index in [2.05, 4.69) is 6.07 Å². The molecule has 0 aromatic heterocycles. The van der Waals surface area contributed by atoms with Crippen LogP contribution in [0.5, 0.6) is 0 Å². The minimum atomic E-state index is -0.659. The molecule has 0 spiro atoms. The van der Waals surface area contributed by atoms with Crippen LogP contribution in [0, 0.1) is 24.2 Å². The van der Waals surface area contributed by atoms with Crippen LogP contribution in [0.1, 0.15) is 31.9 Å². The molecule has 0 saturated carbocycles. The predicted molar refractivity (Wildman–Crippen MR) is 110 cm³/mol. The molecule has 3 aliphatic heterocycles. The van der Waals surface area contributed by atoms with E-state index >= 15 is 0 Å². The summed E-state index contributed by atoms with van der Waals surface area (Å²) in [6.07, 6.45) is 4.00. The molecule has 4 rings (SSSR count). The lowest BCUT2D eigenvalue weighted by Gasteiger charge is -2.38. The van der Waals surface area contributed by atoms with Gasteiger partial charge in [-0.3, -0.25) is 19.3 Å². The number of imide groups is 1. The molecule has 6 heteroatoms. The molecule has 0 aliphatic carbocycles. The number of nitrogens with zero attached hydrogens (tertiary/aromatic N) is 2. The van der Waals surface area contributed by atoms with E-state index in [1.807, 2.05) is 56.9 Å². The molecular formula is C23H28N2O4. The van der Waals surface area contributed by atoms with Crippen molar-refractivity contribution in [2.24, 2.45) is 17.3 Å². The summed E-state index contributed by atoms with van der Waals surface area (Å²) in [6, 6.07) is 5.14. The number of fused-ring (bicyclic) bond motifs is 5. The van der Waals surface area contributed by atoms with Gasteiger partial charge in [0.2, 0.25) is 11.8 Å². The Morgan fingerprint density at radius 2 is 1.83 bits per heavy atom. The van der Waals surface area contributed by atoms with Gasteiger partial charge in [-0.1, -0.05) is 44.6 Å². The third-order valence-electron chi connectivity index (χ3n) is 6.28. The number of aryl methyl sites for hydroxylation is 1. The lowest BCUT2D eigenvalue weighted by molar-refractivity contribution is -0.142.